The minimum absolute atomic E-state index is 0. The lowest BCUT2D eigenvalue weighted by Crippen LogP contribution is -2.55. The fourth-order valence-corrected chi connectivity index (χ4v) is 22.2. The van der Waals surface area contributed by atoms with Gasteiger partial charge in [0.05, 0.1) is 36.7 Å². The number of amides is 5. The van der Waals surface area contributed by atoms with Gasteiger partial charge in [0.2, 0.25) is 29.5 Å². The fraction of sp³-hybridized carbons (Fsp3) is 0.239. The Balaban J connectivity index is 0.000000288. The van der Waals surface area contributed by atoms with E-state index in [9.17, 15) is 70.8 Å². The Kier molecular flexibility index (Phi) is 30.0. The van der Waals surface area contributed by atoms with E-state index in [0.717, 1.165) is 22.3 Å². The van der Waals surface area contributed by atoms with Crippen molar-refractivity contribution >= 4 is 175 Å². The predicted octanol–water partition coefficient (Wildman–Crippen LogP) is 15.4. The number of nitrogens with one attached hydrogen (secondary N) is 6. The number of anilines is 9. The molecule has 0 bridgehead atoms. The van der Waals surface area contributed by atoms with Crippen LogP contribution in [-0.4, -0.2) is 202 Å². The summed E-state index contributed by atoms with van der Waals surface area (Å²) < 4.78 is 156. The largest absolute Gasteiger partial charge is 0.374 e. The molecule has 43 heteroatoms. The van der Waals surface area contributed by atoms with Gasteiger partial charge in [0.1, 0.15) is 54.3 Å². The first kappa shape index (κ1) is 95.9. The molecule has 720 valence electrons. The zero-order chi connectivity index (χ0) is 95.3. The van der Waals surface area contributed by atoms with E-state index in [0.29, 0.717) is 116 Å². The van der Waals surface area contributed by atoms with Crippen molar-refractivity contribution in [1.29, 1.82) is 0 Å². The van der Waals surface area contributed by atoms with Gasteiger partial charge < -0.3 is 54.1 Å². The number of piperazine rings is 3. The van der Waals surface area contributed by atoms with Gasteiger partial charge in [-0.25, -0.2) is 71.8 Å². The molecule has 14 aromatic rings. The van der Waals surface area contributed by atoms with Gasteiger partial charge in [-0.05, 0) is 185 Å². The number of sulfonamides is 4. The lowest BCUT2D eigenvalue weighted by molar-refractivity contribution is -0.139. The number of carbonyl (C=O) groups is 5. The van der Waals surface area contributed by atoms with Crippen molar-refractivity contribution in [2.75, 3.05) is 116 Å². The molecule has 4 aliphatic heterocycles. The van der Waals surface area contributed by atoms with Crippen LogP contribution in [0.4, 0.5) is 62.8 Å². The number of hydrogen-bond acceptors (Lipinski definition) is 25. The monoisotopic (exact) mass is 1980 g/mol. The Morgan fingerprint density at radius 1 is 0.467 bits per heavy atom. The van der Waals surface area contributed by atoms with E-state index in [2.05, 4.69) is 64.2 Å². The highest BCUT2D eigenvalue weighted by molar-refractivity contribution is 7.93. The molecule has 4 saturated heterocycles. The lowest BCUT2D eigenvalue weighted by Gasteiger charge is -2.42. The average Bonchev–Trinajstić information content (AvgIpc) is 1.60. The number of fused-ring (bicyclic) bond motifs is 2. The van der Waals surface area contributed by atoms with Crippen LogP contribution < -0.4 is 49.1 Å². The van der Waals surface area contributed by atoms with Crippen LogP contribution in [0.3, 0.4) is 0 Å². The number of rotatable bonds is 26. The maximum absolute atomic E-state index is 14.5. The number of nitrogens with zero attached hydrogens (tertiary/aromatic N) is 14. The van der Waals surface area contributed by atoms with E-state index in [1.807, 2.05) is 54.3 Å². The third kappa shape index (κ3) is 23.2. The maximum atomic E-state index is 14.5. The van der Waals surface area contributed by atoms with Gasteiger partial charge >= 0.3 is 0 Å². The molecular formula is C92H111F3N20O13S7. The minimum Gasteiger partial charge on any atom is -0.374 e. The van der Waals surface area contributed by atoms with Crippen molar-refractivity contribution in [3.05, 3.63) is 289 Å². The van der Waals surface area contributed by atoms with Crippen LogP contribution in [-0.2, 0) is 70.6 Å². The molecule has 5 amide bonds. The fourth-order valence-electron chi connectivity index (χ4n) is 15.9. The molecule has 0 saturated carbocycles. The van der Waals surface area contributed by atoms with E-state index in [1.165, 1.54) is 130 Å². The predicted molar refractivity (Wildman–Crippen MR) is 534 cm³/mol. The van der Waals surface area contributed by atoms with Crippen LogP contribution in [0.15, 0.2) is 285 Å². The zero-order valence-electron chi connectivity index (χ0n) is 73.0. The van der Waals surface area contributed by atoms with Gasteiger partial charge in [-0.2, -0.15) is 0 Å². The molecule has 4 fully saturated rings. The number of benzene rings is 8. The van der Waals surface area contributed by atoms with E-state index < -0.39 is 64.0 Å². The maximum Gasteiger partial charge on any atom is 0.263 e. The quantitative estimate of drug-likeness (QED) is 0.0293. The van der Waals surface area contributed by atoms with Crippen molar-refractivity contribution in [2.24, 2.45) is 0 Å². The van der Waals surface area contributed by atoms with Gasteiger partial charge in [-0.15, -0.1) is 34.0 Å². The Morgan fingerprint density at radius 2 is 0.941 bits per heavy atom. The van der Waals surface area contributed by atoms with Crippen molar-refractivity contribution in [1.82, 2.24) is 54.1 Å². The third-order valence-corrected chi connectivity index (χ3v) is 30.8. The van der Waals surface area contributed by atoms with Gasteiger partial charge in [0.25, 0.3) is 40.1 Å². The second-order valence-corrected chi connectivity index (χ2v) is 41.1. The van der Waals surface area contributed by atoms with Crippen LogP contribution >= 0.6 is 34.0 Å². The molecule has 4 aliphatic rings. The molecule has 8 aromatic carbocycles. The van der Waals surface area contributed by atoms with Gasteiger partial charge in [-0.1, -0.05) is 60.7 Å². The highest BCUT2D eigenvalue weighted by Crippen LogP contribution is 2.33. The van der Waals surface area contributed by atoms with E-state index in [-0.39, 0.29) is 110 Å². The molecule has 2 unspecified atom stereocenters. The normalized spacial score (nSPS) is 16.1. The molecule has 0 radical (unpaired) electrons. The summed E-state index contributed by atoms with van der Waals surface area (Å²) in [5.41, 5.74) is 5.45. The second kappa shape index (κ2) is 42.3. The molecule has 135 heavy (non-hydrogen) atoms. The summed E-state index contributed by atoms with van der Waals surface area (Å²) in [6.45, 7) is 12.9. The molecule has 5 atom stereocenters. The molecule has 6 aromatic heterocycles. The lowest BCUT2D eigenvalue weighted by atomic mass is 10.1. The van der Waals surface area contributed by atoms with Gasteiger partial charge in [0.15, 0.2) is 15.4 Å². The average molecular weight is 1990 g/mol. The van der Waals surface area contributed by atoms with E-state index in [4.69, 9.17) is 0 Å². The first-order chi connectivity index (χ1) is 64.8. The Morgan fingerprint density at radius 3 is 1.42 bits per heavy atom. The first-order valence-electron chi connectivity index (χ1n) is 42.6. The summed E-state index contributed by atoms with van der Waals surface area (Å²) in [6.07, 6.45) is 11.4. The topological polar surface area (TPSA) is 391 Å². The van der Waals surface area contributed by atoms with Crippen molar-refractivity contribution < 1.29 is 83.7 Å². The minimum atomic E-state index is -3.80. The van der Waals surface area contributed by atoms with Crippen molar-refractivity contribution in [3.63, 3.8) is 0 Å². The first-order valence-corrected chi connectivity index (χ1v) is 51.2. The number of thiazole rings is 3. The summed E-state index contributed by atoms with van der Waals surface area (Å²) in [4.78, 5) is 97.4. The van der Waals surface area contributed by atoms with Gasteiger partial charge in [0, 0.05) is 183 Å². The molecule has 0 spiro atoms. The van der Waals surface area contributed by atoms with Crippen LogP contribution in [0.1, 0.15) is 64.6 Å². The second-order valence-electron chi connectivity index (χ2n) is 31.7. The summed E-state index contributed by atoms with van der Waals surface area (Å²) in [5, 5.41) is 13.8. The van der Waals surface area contributed by atoms with Gasteiger partial charge in [-0.3, -0.25) is 42.9 Å². The van der Waals surface area contributed by atoms with E-state index in [1.54, 1.807) is 177 Å². The summed E-state index contributed by atoms with van der Waals surface area (Å²) in [6, 6.07) is 54.2. The highest BCUT2D eigenvalue weighted by Gasteiger charge is 2.37. The molecule has 33 nitrogen and oxygen atoms in total. The SMILES string of the molecule is CC(Nc1cccc(F)c1)C(=O)N1CCN(c2ccc(S(=O)(=O)Nc3ccncn3)cc2)CC1.C[C@H](C(=O)N1CCN(c2ccc(S(=O)(=O)Nc3nccs3)cc2)C(=O)C1)n1ccc2cccc(F)c21.C[C@H](C(=O)N1CCN(c2ccc(S(=O)(=O)Nc3nccs3)cc2)C[C@@H]1C)n1ccc2cccc(F)c21.O=C1C(NCc2ccccc2)CCN1c1ccc(S(=O)(=O)Nc2nccs2)cc1.[HH].[HH].[HH].[HH].[HH].[HH].[HH].[HH].[HH]. The Hall–Kier alpha value is -13.7. The standard InChI is InChI=1S/C25H26FN5O3S2.C24H22FN5O4S2.C23H25FN6O3S.C20H20N4O3S2.9H2/c1-17-16-29(20-6-8-21(9-7-20)36(33,34)28-25-27-11-15-35-25)13-14-30(17)24(32)18(2)31-12-10-19-4-3-5-22(26)23(19)31;1-16(29-11-9-17-3-2-4-20(25)22(17)29)23(32)28-12-13-30(21(31)15-28)18-5-7-19(8-6-18)36(33,34)27-24-26-10-14-35-24;1-17(27-19-4-2-3-18(24)15-19)23(31)30-13-11-29(12-14-30)20-5-7-21(8-6-20)34(32,33)28-22-9-10-25-16-26-22;25-19-18(22-14-15-4-2-1-3-5-15)10-12-24(19)16-6-8-17(9-7-16)29(26,27)23-20-21-11-13-28-20;;;;;;;;;/h3-12,15,17-18H,13-14,16H2,1-2H3,(H,27,28);2-11,14,16H,12-13,15H2,1H3,(H,26,27);2-10,15-17,27H,11-14H2,1H3,(H,25,26,28);1-9,11,13,18,22H,10,12,14H2,(H,21,23);9*1H/t17-,18+;16-;;;;;;;;;;;/m01.........../s1. The number of halogens is 3. The molecule has 0 aliphatic carbocycles. The molecule has 18 rings (SSSR count). The van der Waals surface area contributed by atoms with Crippen molar-refractivity contribution in [2.45, 2.75) is 90.5 Å². The zero-order valence-corrected chi connectivity index (χ0v) is 78.8. The molecule has 10 heterocycles. The Bertz CT molecular complexity index is 7040. The molecule has 6 N–H and O–H groups in total. The number of hydrogen-bond donors (Lipinski definition) is 6. The summed E-state index contributed by atoms with van der Waals surface area (Å²) in [5.74, 6) is -1.60. The van der Waals surface area contributed by atoms with Crippen LogP contribution in [0.5, 0.6) is 0 Å². The van der Waals surface area contributed by atoms with E-state index >= 15 is 0 Å². The van der Waals surface area contributed by atoms with Crippen molar-refractivity contribution in [3.8, 4) is 0 Å². The van der Waals surface area contributed by atoms with Crippen LogP contribution in [0.25, 0.3) is 21.8 Å². The van der Waals surface area contributed by atoms with Crippen LogP contribution in [0.2, 0.25) is 0 Å². The number of aromatic nitrogens is 7. The number of para-hydroxylation sites is 2. The number of carbonyl (C=O) groups excluding carboxylic acids is 5. The summed E-state index contributed by atoms with van der Waals surface area (Å²) >= 11 is 3.59. The highest BCUT2D eigenvalue weighted by atomic mass is 32.2. The molecular weight excluding hydrogens is 1870 g/mol. The Labute approximate surface area is 802 Å². The smallest absolute Gasteiger partial charge is 0.263 e. The third-order valence-electron chi connectivity index (χ3n) is 22.9. The van der Waals surface area contributed by atoms with Crippen LogP contribution in [0, 0.1) is 17.5 Å². The summed E-state index contributed by atoms with van der Waals surface area (Å²) in [7, 11) is -15.0.